The molecule has 1 aromatic carbocycles. The third-order valence-electron chi connectivity index (χ3n) is 3.54. The van der Waals surface area contributed by atoms with Crippen LogP contribution in [0.1, 0.15) is 5.69 Å². The first-order valence-electron chi connectivity index (χ1n) is 7.23. The molecule has 4 aromatic rings. The van der Waals surface area contributed by atoms with Crippen LogP contribution in [-0.2, 0) is 5.75 Å². The van der Waals surface area contributed by atoms with Gasteiger partial charge in [-0.05, 0) is 24.3 Å². The number of halogens is 1. The van der Waals surface area contributed by atoms with Crippen molar-refractivity contribution in [1.82, 2.24) is 24.3 Å². The molecule has 0 amide bonds. The number of nitrogens with zero attached hydrogens (tertiary/aromatic N) is 5. The van der Waals surface area contributed by atoms with Crippen LogP contribution in [0, 0.1) is 0 Å². The lowest BCUT2D eigenvalue weighted by Crippen LogP contribution is -2.11. The van der Waals surface area contributed by atoms with Crippen molar-refractivity contribution in [3.8, 4) is 11.4 Å². The highest BCUT2D eigenvalue weighted by Crippen LogP contribution is 2.28. The van der Waals surface area contributed by atoms with Gasteiger partial charge in [0, 0.05) is 23.7 Å². The van der Waals surface area contributed by atoms with Gasteiger partial charge in [-0.2, -0.15) is 0 Å². The summed E-state index contributed by atoms with van der Waals surface area (Å²) in [4.78, 5) is 4.56. The molecule has 0 spiro atoms. The quantitative estimate of drug-likeness (QED) is 0.449. The molecule has 3 heterocycles. The Bertz CT molecular complexity index is 976. The number of thioether (sulfide) groups is 1. The molecule has 4 rings (SSSR count). The Morgan fingerprint density at radius 1 is 1.08 bits per heavy atom. The van der Waals surface area contributed by atoms with Crippen LogP contribution in [0.15, 0.2) is 60.0 Å². The zero-order chi connectivity index (χ0) is 16.5. The maximum Gasteiger partial charge on any atom is 0.210 e. The number of fused-ring (bicyclic) bond motifs is 1. The van der Waals surface area contributed by atoms with E-state index in [4.69, 9.17) is 17.4 Å². The van der Waals surface area contributed by atoms with Crippen LogP contribution in [0.5, 0.6) is 0 Å². The number of aromatic nitrogens is 5. The Morgan fingerprint density at radius 3 is 2.75 bits per heavy atom. The molecule has 8 heteroatoms. The van der Waals surface area contributed by atoms with Gasteiger partial charge in [0.1, 0.15) is 5.65 Å². The van der Waals surface area contributed by atoms with Crippen molar-refractivity contribution in [3.63, 3.8) is 0 Å². The summed E-state index contributed by atoms with van der Waals surface area (Å²) in [6.45, 7) is 0. The highest BCUT2D eigenvalue weighted by molar-refractivity contribution is 7.98. The van der Waals surface area contributed by atoms with Crippen molar-refractivity contribution in [3.05, 3.63) is 65.6 Å². The predicted octanol–water partition coefficient (Wildman–Crippen LogP) is 3.25. The summed E-state index contributed by atoms with van der Waals surface area (Å²) in [5.74, 6) is 7.32. The second-order valence-corrected chi connectivity index (χ2v) is 6.49. The minimum Gasteiger partial charge on any atom is -0.335 e. The van der Waals surface area contributed by atoms with Gasteiger partial charge in [0.25, 0.3) is 0 Å². The van der Waals surface area contributed by atoms with E-state index in [-0.39, 0.29) is 0 Å². The summed E-state index contributed by atoms with van der Waals surface area (Å²) in [7, 11) is 0. The number of hydrogen-bond acceptors (Lipinski definition) is 5. The molecular formula is C16H13ClN6S. The highest BCUT2D eigenvalue weighted by atomic mass is 35.5. The zero-order valence-electron chi connectivity index (χ0n) is 12.5. The average Bonchev–Trinajstić information content (AvgIpc) is 3.17. The predicted molar refractivity (Wildman–Crippen MR) is 95.4 cm³/mol. The van der Waals surface area contributed by atoms with Gasteiger partial charge in [-0.3, -0.25) is 0 Å². The molecule has 6 nitrogen and oxygen atoms in total. The largest absolute Gasteiger partial charge is 0.335 e. The van der Waals surface area contributed by atoms with Gasteiger partial charge >= 0.3 is 0 Å². The van der Waals surface area contributed by atoms with Crippen molar-refractivity contribution < 1.29 is 0 Å². The fourth-order valence-corrected chi connectivity index (χ4v) is 3.36. The first-order chi connectivity index (χ1) is 11.7. The van der Waals surface area contributed by atoms with Gasteiger partial charge < -0.3 is 10.2 Å². The van der Waals surface area contributed by atoms with Crippen LogP contribution in [0.4, 0.5) is 0 Å². The summed E-state index contributed by atoms with van der Waals surface area (Å²) < 4.78 is 3.44. The Balaban J connectivity index is 1.56. The molecule has 0 aliphatic rings. The summed E-state index contributed by atoms with van der Waals surface area (Å²) in [6.07, 6.45) is 3.96. The maximum absolute atomic E-state index is 6.20. The molecule has 0 atom stereocenters. The van der Waals surface area contributed by atoms with Crippen LogP contribution in [0.3, 0.4) is 0 Å². The van der Waals surface area contributed by atoms with Crippen molar-refractivity contribution in [2.45, 2.75) is 10.9 Å². The third-order valence-corrected chi connectivity index (χ3v) is 4.85. The topological polar surface area (TPSA) is 74.0 Å². The second-order valence-electron chi connectivity index (χ2n) is 5.14. The van der Waals surface area contributed by atoms with Crippen LogP contribution in [0.25, 0.3) is 17.0 Å². The van der Waals surface area contributed by atoms with Gasteiger partial charge in [0.05, 0.1) is 10.7 Å². The van der Waals surface area contributed by atoms with Crippen LogP contribution < -0.4 is 5.84 Å². The minimum atomic E-state index is 0.540. The average molecular weight is 357 g/mol. The Kier molecular flexibility index (Phi) is 3.87. The van der Waals surface area contributed by atoms with Crippen molar-refractivity contribution in [2.75, 3.05) is 5.84 Å². The molecule has 0 aliphatic carbocycles. The summed E-state index contributed by atoms with van der Waals surface area (Å²) in [6, 6.07) is 13.3. The standard InChI is InChI=1S/C16H13ClN6S/c17-13-6-2-1-5-12(13)15-20-21-16(23(15)18)24-10-11-9-22-8-4-3-7-14(22)19-11/h1-9H,10,18H2. The SMILES string of the molecule is Nn1c(SCc2cn3ccccc3n2)nnc1-c1ccccc1Cl. The molecule has 0 aliphatic heterocycles. The monoisotopic (exact) mass is 356 g/mol. The van der Waals surface area contributed by atoms with E-state index in [1.165, 1.54) is 16.4 Å². The Hall–Kier alpha value is -2.51. The van der Waals surface area contributed by atoms with Crippen LogP contribution >= 0.6 is 23.4 Å². The number of pyridine rings is 1. The molecule has 0 saturated carbocycles. The van der Waals surface area contributed by atoms with Gasteiger partial charge in [0.15, 0.2) is 5.82 Å². The summed E-state index contributed by atoms with van der Waals surface area (Å²) in [5.41, 5.74) is 2.63. The summed E-state index contributed by atoms with van der Waals surface area (Å²) >= 11 is 7.68. The van der Waals surface area contributed by atoms with Gasteiger partial charge in [-0.15, -0.1) is 10.2 Å². The number of rotatable bonds is 4. The van der Waals surface area contributed by atoms with Crippen LogP contribution in [-0.4, -0.2) is 24.3 Å². The second kappa shape index (κ2) is 6.18. The van der Waals surface area contributed by atoms with E-state index < -0.39 is 0 Å². The number of hydrogen-bond donors (Lipinski definition) is 1. The molecule has 0 saturated heterocycles. The molecule has 0 unspecified atom stereocenters. The first kappa shape index (κ1) is 15.0. The van der Waals surface area contributed by atoms with E-state index >= 15 is 0 Å². The number of imidazole rings is 1. The molecule has 3 aromatic heterocycles. The van der Waals surface area contributed by atoms with Gasteiger partial charge in [0.2, 0.25) is 5.16 Å². The number of nitrogens with two attached hydrogens (primary N) is 1. The van der Waals surface area contributed by atoms with E-state index in [0.717, 1.165) is 16.9 Å². The van der Waals surface area contributed by atoms with Gasteiger partial charge in [-0.25, -0.2) is 9.66 Å². The van der Waals surface area contributed by atoms with E-state index in [0.29, 0.717) is 21.8 Å². The lowest BCUT2D eigenvalue weighted by molar-refractivity contribution is 0.849. The fraction of sp³-hybridized carbons (Fsp3) is 0.0625. The fourth-order valence-electron chi connectivity index (χ4n) is 2.40. The minimum absolute atomic E-state index is 0.540. The van der Waals surface area contributed by atoms with E-state index in [1.54, 1.807) is 6.07 Å². The molecule has 24 heavy (non-hydrogen) atoms. The lowest BCUT2D eigenvalue weighted by atomic mass is 10.2. The smallest absolute Gasteiger partial charge is 0.210 e. The maximum atomic E-state index is 6.20. The molecule has 0 bridgehead atoms. The molecule has 2 N–H and O–H groups in total. The molecule has 120 valence electrons. The van der Waals surface area contributed by atoms with E-state index in [1.807, 2.05) is 53.2 Å². The zero-order valence-corrected chi connectivity index (χ0v) is 14.1. The Morgan fingerprint density at radius 2 is 1.92 bits per heavy atom. The number of nitrogen functional groups attached to an aromatic ring is 1. The first-order valence-corrected chi connectivity index (χ1v) is 8.59. The highest BCUT2D eigenvalue weighted by Gasteiger charge is 2.15. The molecule has 0 radical (unpaired) electrons. The van der Waals surface area contributed by atoms with Crippen molar-refractivity contribution in [2.24, 2.45) is 0 Å². The van der Waals surface area contributed by atoms with Crippen molar-refractivity contribution in [1.29, 1.82) is 0 Å². The summed E-state index contributed by atoms with van der Waals surface area (Å²) in [5, 5.41) is 9.52. The normalized spacial score (nSPS) is 11.2. The van der Waals surface area contributed by atoms with Gasteiger partial charge in [-0.1, -0.05) is 41.6 Å². The number of benzene rings is 1. The van der Waals surface area contributed by atoms with Crippen LogP contribution in [0.2, 0.25) is 5.02 Å². The molecule has 0 fully saturated rings. The van der Waals surface area contributed by atoms with Crippen molar-refractivity contribution >= 4 is 29.0 Å². The Labute approximate surface area is 147 Å². The third kappa shape index (κ3) is 2.72. The van der Waals surface area contributed by atoms with E-state index in [2.05, 4.69) is 15.2 Å². The lowest BCUT2D eigenvalue weighted by Gasteiger charge is -2.04. The van der Waals surface area contributed by atoms with E-state index in [9.17, 15) is 0 Å². The molecular weight excluding hydrogens is 344 g/mol.